The largest absolute Gasteiger partial charge is 0.480 e. The Morgan fingerprint density at radius 3 is 2.86 bits per heavy atom. The first-order valence-electron chi connectivity index (χ1n) is 4.23. The molecule has 0 fully saturated rings. The topological polar surface area (TPSA) is 82.2 Å². The van der Waals surface area contributed by atoms with Crippen LogP contribution in [0.5, 0.6) is 0 Å². The maximum Gasteiger partial charge on any atom is 0.317 e. The number of aromatic nitrogens is 1. The lowest BCUT2D eigenvalue weighted by atomic mass is 10.1. The van der Waals surface area contributed by atoms with Gasteiger partial charge in [-0.05, 0) is 13.0 Å². The Labute approximate surface area is 81.1 Å². The maximum absolute atomic E-state index is 11.5. The van der Waals surface area contributed by atoms with Crippen molar-refractivity contribution in [1.82, 2.24) is 10.3 Å². The van der Waals surface area contributed by atoms with Crippen LogP contribution in [0.2, 0.25) is 0 Å². The summed E-state index contributed by atoms with van der Waals surface area (Å²) in [5.74, 6) is -1.09. The fourth-order valence-corrected chi connectivity index (χ4v) is 1.06. The quantitative estimate of drug-likeness (QED) is 0.590. The molecule has 0 saturated heterocycles. The van der Waals surface area contributed by atoms with E-state index in [1.165, 1.54) is 0 Å². The van der Waals surface area contributed by atoms with E-state index in [9.17, 15) is 9.59 Å². The smallest absolute Gasteiger partial charge is 0.317 e. The van der Waals surface area contributed by atoms with Gasteiger partial charge in [-0.15, -0.1) is 0 Å². The van der Waals surface area contributed by atoms with Crippen LogP contribution >= 0.6 is 0 Å². The number of aromatic amines is 1. The highest BCUT2D eigenvalue weighted by Gasteiger charge is 2.15. The van der Waals surface area contributed by atoms with E-state index in [0.717, 1.165) is 0 Å². The average Bonchev–Trinajstić information content (AvgIpc) is 2.65. The highest BCUT2D eigenvalue weighted by molar-refractivity contribution is 5.99. The van der Waals surface area contributed by atoms with Gasteiger partial charge in [-0.25, -0.2) is 0 Å². The second-order valence-corrected chi connectivity index (χ2v) is 2.96. The zero-order valence-corrected chi connectivity index (χ0v) is 7.78. The molecular weight excluding hydrogens is 184 g/mol. The molecule has 1 heterocycles. The van der Waals surface area contributed by atoms with E-state index in [2.05, 4.69) is 10.3 Å². The fraction of sp³-hybridized carbons (Fsp3) is 0.333. The van der Waals surface area contributed by atoms with Crippen LogP contribution in [-0.2, 0) is 4.79 Å². The molecule has 0 spiro atoms. The first kappa shape index (κ1) is 10.5. The van der Waals surface area contributed by atoms with Crippen LogP contribution < -0.4 is 5.32 Å². The van der Waals surface area contributed by atoms with Crippen LogP contribution in [0, 0.1) is 0 Å². The molecule has 1 aromatic heterocycles. The summed E-state index contributed by atoms with van der Waals surface area (Å²) in [6, 6.07) is 1.17. The zero-order valence-electron chi connectivity index (χ0n) is 7.78. The van der Waals surface area contributed by atoms with Gasteiger partial charge in [-0.2, -0.15) is 0 Å². The Balaban J connectivity index is 2.49. The predicted molar refractivity (Wildman–Crippen MR) is 50.2 cm³/mol. The third kappa shape index (κ3) is 2.70. The molecule has 5 nitrogen and oxygen atoms in total. The Bertz CT molecular complexity index is 319. The van der Waals surface area contributed by atoms with Gasteiger partial charge in [-0.1, -0.05) is 0 Å². The molecule has 0 amide bonds. The Morgan fingerprint density at radius 2 is 2.36 bits per heavy atom. The third-order valence-electron chi connectivity index (χ3n) is 1.84. The van der Waals surface area contributed by atoms with Crippen LogP contribution in [0.1, 0.15) is 17.3 Å². The van der Waals surface area contributed by atoms with E-state index in [1.807, 2.05) is 0 Å². The summed E-state index contributed by atoms with van der Waals surface area (Å²) in [5.41, 5.74) is 0.551. The summed E-state index contributed by atoms with van der Waals surface area (Å²) in [5, 5.41) is 11.0. The number of hydrogen-bond donors (Lipinski definition) is 3. The minimum Gasteiger partial charge on any atom is -0.480 e. The number of carbonyl (C=O) groups is 2. The predicted octanol–water partition coefficient (Wildman–Crippen LogP) is 0.260. The van der Waals surface area contributed by atoms with Gasteiger partial charge in [-0.3, -0.25) is 14.9 Å². The molecule has 0 radical (unpaired) electrons. The summed E-state index contributed by atoms with van der Waals surface area (Å²) in [6.07, 6.45) is 3.23. The lowest BCUT2D eigenvalue weighted by Crippen LogP contribution is -2.37. The summed E-state index contributed by atoms with van der Waals surface area (Å²) < 4.78 is 0. The summed E-state index contributed by atoms with van der Waals surface area (Å²) >= 11 is 0. The van der Waals surface area contributed by atoms with Gasteiger partial charge in [0.25, 0.3) is 0 Å². The number of carboxylic acid groups (broad SMARTS) is 1. The molecule has 0 aliphatic rings. The molecule has 0 aliphatic heterocycles. The number of carbonyl (C=O) groups excluding carboxylic acids is 1. The van der Waals surface area contributed by atoms with Gasteiger partial charge in [0.1, 0.15) is 0 Å². The number of nitrogens with one attached hydrogen (secondary N) is 2. The monoisotopic (exact) mass is 196 g/mol. The average molecular weight is 196 g/mol. The molecule has 1 rings (SSSR count). The molecule has 0 bridgehead atoms. The summed E-state index contributed by atoms with van der Waals surface area (Å²) in [6.45, 7) is 1.43. The molecular formula is C9H12N2O3. The number of aliphatic carboxylic acids is 1. The van der Waals surface area contributed by atoms with Crippen molar-refractivity contribution in [2.45, 2.75) is 13.0 Å². The van der Waals surface area contributed by atoms with Crippen molar-refractivity contribution in [3.05, 3.63) is 24.0 Å². The Hall–Kier alpha value is -1.62. The van der Waals surface area contributed by atoms with Crippen LogP contribution in [0.15, 0.2) is 18.5 Å². The van der Waals surface area contributed by atoms with Gasteiger partial charge in [0.05, 0.1) is 12.6 Å². The van der Waals surface area contributed by atoms with E-state index < -0.39 is 12.0 Å². The van der Waals surface area contributed by atoms with Crippen LogP contribution in [0.3, 0.4) is 0 Å². The van der Waals surface area contributed by atoms with Gasteiger partial charge >= 0.3 is 5.97 Å². The number of carboxylic acids is 1. The Morgan fingerprint density at radius 1 is 1.64 bits per heavy atom. The maximum atomic E-state index is 11.5. The molecule has 0 aromatic carbocycles. The number of rotatable bonds is 5. The molecule has 5 heteroatoms. The van der Waals surface area contributed by atoms with Crippen molar-refractivity contribution in [2.75, 3.05) is 6.54 Å². The highest BCUT2D eigenvalue weighted by atomic mass is 16.4. The molecule has 1 atom stereocenters. The van der Waals surface area contributed by atoms with E-state index >= 15 is 0 Å². The Kier molecular flexibility index (Phi) is 3.41. The summed E-state index contributed by atoms with van der Waals surface area (Å²) in [4.78, 5) is 24.5. The van der Waals surface area contributed by atoms with E-state index in [-0.39, 0.29) is 12.3 Å². The normalized spacial score (nSPS) is 12.4. The third-order valence-corrected chi connectivity index (χ3v) is 1.84. The standard InChI is InChI=1S/C9H12N2O3/c1-6(11-5-8(12)13)9(14)7-2-3-10-4-7/h2-4,6,10-11H,5H2,1H3,(H,12,13). The minimum atomic E-state index is -0.973. The van der Waals surface area contributed by atoms with E-state index in [4.69, 9.17) is 5.11 Å². The van der Waals surface area contributed by atoms with Crippen molar-refractivity contribution in [3.63, 3.8) is 0 Å². The molecule has 3 N–H and O–H groups in total. The van der Waals surface area contributed by atoms with Gasteiger partial charge in [0, 0.05) is 18.0 Å². The lowest BCUT2D eigenvalue weighted by Gasteiger charge is -2.09. The van der Waals surface area contributed by atoms with Crippen molar-refractivity contribution >= 4 is 11.8 Å². The molecule has 0 saturated carbocycles. The fourth-order valence-electron chi connectivity index (χ4n) is 1.06. The van der Waals surface area contributed by atoms with Gasteiger partial charge in [0.15, 0.2) is 5.78 Å². The van der Waals surface area contributed by atoms with Crippen LogP contribution in [-0.4, -0.2) is 34.4 Å². The minimum absolute atomic E-state index is 0.118. The number of Topliss-reactive ketones (excluding diaryl/α,β-unsaturated/α-hetero) is 1. The van der Waals surface area contributed by atoms with Crippen LogP contribution in [0.4, 0.5) is 0 Å². The van der Waals surface area contributed by atoms with Gasteiger partial charge < -0.3 is 10.1 Å². The van der Waals surface area contributed by atoms with Crippen molar-refractivity contribution in [2.24, 2.45) is 0 Å². The zero-order chi connectivity index (χ0) is 10.6. The van der Waals surface area contributed by atoms with Gasteiger partial charge in [0.2, 0.25) is 0 Å². The molecule has 1 aromatic rings. The molecule has 1 unspecified atom stereocenters. The second kappa shape index (κ2) is 4.57. The first-order chi connectivity index (χ1) is 6.61. The molecule has 0 aliphatic carbocycles. The number of H-pyrrole nitrogens is 1. The molecule has 76 valence electrons. The van der Waals surface area contributed by atoms with Crippen molar-refractivity contribution in [3.8, 4) is 0 Å². The van der Waals surface area contributed by atoms with Crippen LogP contribution in [0.25, 0.3) is 0 Å². The summed E-state index contributed by atoms with van der Waals surface area (Å²) in [7, 11) is 0. The number of hydrogen-bond acceptors (Lipinski definition) is 3. The van der Waals surface area contributed by atoms with Crippen molar-refractivity contribution in [1.29, 1.82) is 0 Å². The van der Waals surface area contributed by atoms with E-state index in [1.54, 1.807) is 25.4 Å². The first-order valence-corrected chi connectivity index (χ1v) is 4.23. The van der Waals surface area contributed by atoms with E-state index in [0.29, 0.717) is 5.56 Å². The SMILES string of the molecule is CC(NCC(=O)O)C(=O)c1cc[nH]c1. The van der Waals surface area contributed by atoms with Crippen molar-refractivity contribution < 1.29 is 14.7 Å². The molecule has 14 heavy (non-hydrogen) atoms. The highest BCUT2D eigenvalue weighted by Crippen LogP contribution is 2.01. The lowest BCUT2D eigenvalue weighted by molar-refractivity contribution is -0.136. The number of ketones is 1. The second-order valence-electron chi connectivity index (χ2n) is 2.96.